The number of ether oxygens (including phenoxy) is 3. The molecule has 2 saturated heterocycles. The van der Waals surface area contributed by atoms with E-state index < -0.39 is 12.4 Å². The second kappa shape index (κ2) is 13.0. The summed E-state index contributed by atoms with van der Waals surface area (Å²) in [7, 11) is 1.58. The number of allylic oxidation sites excluding steroid dienone is 1. The number of rotatable bonds is 9. The summed E-state index contributed by atoms with van der Waals surface area (Å²) >= 11 is 2.43. The van der Waals surface area contributed by atoms with Crippen LogP contribution in [-0.4, -0.2) is 85.9 Å². The second-order valence-electron chi connectivity index (χ2n) is 9.20. The summed E-state index contributed by atoms with van der Waals surface area (Å²) in [6, 6.07) is 14.7. The van der Waals surface area contributed by atoms with Crippen LogP contribution in [-0.2, 0) is 31.2 Å². The predicted octanol–water partition coefficient (Wildman–Crippen LogP) is 2.27. The number of hydrogen-bond acceptors (Lipinski definition) is 8. The van der Waals surface area contributed by atoms with E-state index in [1.54, 1.807) is 7.11 Å². The number of anilines is 1. The van der Waals surface area contributed by atoms with Gasteiger partial charge in [-0.25, -0.2) is 0 Å². The van der Waals surface area contributed by atoms with Crippen molar-refractivity contribution in [2.45, 2.75) is 31.8 Å². The number of nitrogens with zero attached hydrogens (tertiary/aromatic N) is 2. The fraction of sp³-hybridized carbons (Fsp3) is 0.481. The quantitative estimate of drug-likeness (QED) is 0.426. The van der Waals surface area contributed by atoms with Gasteiger partial charge in [0.1, 0.15) is 0 Å². The molecule has 2 aliphatic rings. The van der Waals surface area contributed by atoms with Gasteiger partial charge >= 0.3 is 186 Å². The molecule has 3 atom stereocenters. The Kier molecular flexibility index (Phi) is 9.71. The van der Waals surface area contributed by atoms with Crippen LogP contribution >= 0.6 is 0 Å². The first-order valence-corrected chi connectivity index (χ1v) is 13.0. The van der Waals surface area contributed by atoms with Crippen LogP contribution in [0.25, 0.3) is 16.3 Å². The summed E-state index contributed by atoms with van der Waals surface area (Å²) < 4.78 is 17.0. The summed E-state index contributed by atoms with van der Waals surface area (Å²) in [5, 5.41) is 29.1. The standard InChI is InChI=1S/C27H34N4O4.V/c1-19(23(16-28)17-30-26-15-25(32)18-35-27(26)33-2)20-3-4-22-14-24(6-5-21(22)13-20)29-7-8-31-9-11-34-12-10-31;/h3-6,13-14,25-27,29-30,32H,7-12,15,18H2,1-2H3;/b23-19+;. The Bertz CT molecular complexity index is 1140. The van der Waals surface area contributed by atoms with Gasteiger partial charge in [0.15, 0.2) is 0 Å². The predicted molar refractivity (Wildman–Crippen MR) is 137 cm³/mol. The molecule has 4 rings (SSSR count). The van der Waals surface area contributed by atoms with Crippen LogP contribution in [0.1, 0.15) is 18.9 Å². The number of nitriles is 1. The monoisotopic (exact) mass is 529 g/mol. The Morgan fingerprint density at radius 3 is 2.72 bits per heavy atom. The third kappa shape index (κ3) is 6.83. The zero-order chi connectivity index (χ0) is 25.5. The number of hydrogen-bond donors (Lipinski definition) is 3. The van der Waals surface area contributed by atoms with Crippen molar-refractivity contribution in [3.05, 3.63) is 47.5 Å². The summed E-state index contributed by atoms with van der Waals surface area (Å²) in [5.41, 5.74) is 3.51. The van der Waals surface area contributed by atoms with Gasteiger partial charge in [0.2, 0.25) is 0 Å². The number of aliphatic hydroxyl groups excluding tert-OH is 1. The van der Waals surface area contributed by atoms with E-state index in [4.69, 9.17) is 14.2 Å². The molecule has 2 aromatic carbocycles. The average molecular weight is 530 g/mol. The van der Waals surface area contributed by atoms with E-state index in [0.29, 0.717) is 16.3 Å². The van der Waals surface area contributed by atoms with Crippen molar-refractivity contribution >= 4 is 26.4 Å². The van der Waals surface area contributed by atoms with Crippen LogP contribution in [0.3, 0.4) is 0 Å². The molecule has 0 bridgehead atoms. The molecule has 0 saturated carbocycles. The molecule has 36 heavy (non-hydrogen) atoms. The molecule has 2 aromatic rings. The normalized spacial score (nSPS) is 23.6. The van der Waals surface area contributed by atoms with Gasteiger partial charge in [-0.15, -0.1) is 0 Å². The first kappa shape index (κ1) is 27.0. The summed E-state index contributed by atoms with van der Waals surface area (Å²) in [6.07, 6.45) is -0.565. The molecule has 2 aliphatic heterocycles. The van der Waals surface area contributed by atoms with Gasteiger partial charge in [-0.05, 0) is 0 Å². The topological polar surface area (TPSA) is 99.0 Å². The van der Waals surface area contributed by atoms with Gasteiger partial charge in [0.25, 0.3) is 0 Å². The van der Waals surface area contributed by atoms with Crippen LogP contribution in [0.4, 0.5) is 5.69 Å². The first-order chi connectivity index (χ1) is 17.5. The molecule has 9 heteroatoms. The van der Waals surface area contributed by atoms with E-state index in [1.165, 1.54) is 0 Å². The summed E-state index contributed by atoms with van der Waals surface area (Å²) in [6.45, 7) is 7.71. The van der Waals surface area contributed by atoms with Crippen molar-refractivity contribution < 1.29 is 36.3 Å². The van der Waals surface area contributed by atoms with Gasteiger partial charge in [0.05, 0.1) is 13.2 Å². The zero-order valence-electron chi connectivity index (χ0n) is 20.9. The van der Waals surface area contributed by atoms with Crippen molar-refractivity contribution in [3.63, 3.8) is 0 Å². The zero-order valence-corrected chi connectivity index (χ0v) is 22.3. The van der Waals surface area contributed by atoms with Crippen molar-refractivity contribution in [1.29, 1.82) is 5.26 Å². The molecule has 8 nitrogen and oxygen atoms in total. The maximum atomic E-state index is 9.99. The van der Waals surface area contributed by atoms with Crippen LogP contribution in [0.15, 0.2) is 42.0 Å². The maximum absolute atomic E-state index is 9.99. The second-order valence-corrected chi connectivity index (χ2v) is 9.89. The van der Waals surface area contributed by atoms with E-state index in [2.05, 4.69) is 75.0 Å². The molecule has 0 amide bonds. The number of benzene rings is 2. The van der Waals surface area contributed by atoms with Crippen LogP contribution in [0.5, 0.6) is 0 Å². The fourth-order valence-electron chi connectivity index (χ4n) is 4.63. The molecular weight excluding hydrogens is 495 g/mol. The molecule has 3 unspecified atom stereocenters. The van der Waals surface area contributed by atoms with Gasteiger partial charge in [0, 0.05) is 13.1 Å². The minimum absolute atomic E-state index is 0.243. The van der Waals surface area contributed by atoms with E-state index in [-0.39, 0.29) is 12.6 Å². The SMILES string of the molecule is COC1OCC(O)CC1N[C](=[V])/C(C#N)=C(\C)c1ccc2cc(NCCN3CCOCC3)ccc2c1. The van der Waals surface area contributed by atoms with Gasteiger partial charge < -0.3 is 4.74 Å². The number of methoxy groups -OCH3 is 1. The third-order valence-electron chi connectivity index (χ3n) is 6.72. The van der Waals surface area contributed by atoms with E-state index in [0.717, 1.165) is 67.0 Å². The molecule has 2 heterocycles. The van der Waals surface area contributed by atoms with E-state index in [9.17, 15) is 10.4 Å². The molecule has 0 radical (unpaired) electrons. The molecule has 0 aromatic heterocycles. The van der Waals surface area contributed by atoms with Crippen molar-refractivity contribution in [1.82, 2.24) is 10.2 Å². The fourth-order valence-corrected chi connectivity index (χ4v) is 5.23. The molecule has 0 aliphatic carbocycles. The van der Waals surface area contributed by atoms with Crippen LogP contribution in [0, 0.1) is 11.3 Å². The van der Waals surface area contributed by atoms with Crippen LogP contribution < -0.4 is 10.6 Å². The van der Waals surface area contributed by atoms with Gasteiger partial charge in [-0.3, -0.25) is 4.90 Å². The Morgan fingerprint density at radius 2 is 1.97 bits per heavy atom. The van der Waals surface area contributed by atoms with Crippen molar-refractivity contribution in [2.24, 2.45) is 0 Å². The Hall–Kier alpha value is -2.06. The third-order valence-corrected chi connectivity index (χ3v) is 7.27. The molecule has 2 fully saturated rings. The Labute approximate surface area is 221 Å². The van der Waals surface area contributed by atoms with E-state index in [1.807, 2.05) is 6.92 Å². The average Bonchev–Trinajstić information content (AvgIpc) is 2.89. The van der Waals surface area contributed by atoms with Gasteiger partial charge in [-0.1, -0.05) is 0 Å². The minimum atomic E-state index is -0.566. The van der Waals surface area contributed by atoms with Crippen LogP contribution in [0.2, 0.25) is 0 Å². The number of nitrogens with one attached hydrogen (secondary N) is 2. The molecule has 191 valence electrons. The number of morpholine rings is 1. The summed E-state index contributed by atoms with van der Waals surface area (Å²) in [4.78, 5) is 2.41. The van der Waals surface area contributed by atoms with E-state index >= 15 is 0 Å². The first-order valence-electron chi connectivity index (χ1n) is 12.3. The number of aliphatic hydroxyl groups is 1. The Morgan fingerprint density at radius 1 is 1.22 bits per heavy atom. The summed E-state index contributed by atoms with van der Waals surface area (Å²) in [5.74, 6) is 0. The molecule has 3 N–H and O–H groups in total. The van der Waals surface area contributed by atoms with Crippen molar-refractivity contribution in [3.8, 4) is 6.07 Å². The number of fused-ring (bicyclic) bond motifs is 1. The molecule has 0 spiro atoms. The Balaban J connectivity index is 1.44. The van der Waals surface area contributed by atoms with Gasteiger partial charge in [-0.2, -0.15) is 0 Å². The molecular formula is C27H34N4O4V. The van der Waals surface area contributed by atoms with Crippen molar-refractivity contribution in [2.75, 3.05) is 58.4 Å².